The minimum atomic E-state index is 0.494. The monoisotopic (exact) mass is 282 g/mol. The van der Waals surface area contributed by atoms with Crippen molar-refractivity contribution >= 4 is 5.71 Å². The molecule has 0 spiro atoms. The van der Waals surface area contributed by atoms with Crippen LogP contribution in [0.5, 0.6) is 5.75 Å². The molecule has 0 fully saturated rings. The highest BCUT2D eigenvalue weighted by Crippen LogP contribution is 2.17. The van der Waals surface area contributed by atoms with Gasteiger partial charge in [0, 0.05) is 18.7 Å². The fourth-order valence-corrected chi connectivity index (χ4v) is 2.07. The van der Waals surface area contributed by atoms with Crippen molar-refractivity contribution in [1.29, 1.82) is 0 Å². The van der Waals surface area contributed by atoms with E-state index in [1.165, 1.54) is 0 Å². The van der Waals surface area contributed by atoms with Gasteiger partial charge in [-0.15, -0.1) is 0 Å². The zero-order valence-corrected chi connectivity index (χ0v) is 12.7. The highest BCUT2D eigenvalue weighted by molar-refractivity contribution is 6.15. The van der Waals surface area contributed by atoms with Gasteiger partial charge in [0.05, 0.1) is 5.71 Å². The Bertz CT molecular complexity index is 566. The van der Waals surface area contributed by atoms with Gasteiger partial charge in [0.1, 0.15) is 12.4 Å². The molecule has 1 aromatic carbocycles. The van der Waals surface area contributed by atoms with Crippen molar-refractivity contribution in [3.05, 3.63) is 66.3 Å². The first-order chi connectivity index (χ1) is 10.2. The molecule has 0 heterocycles. The van der Waals surface area contributed by atoms with Crippen LogP contribution in [0.15, 0.2) is 71.4 Å². The second kappa shape index (κ2) is 7.48. The van der Waals surface area contributed by atoms with Crippen molar-refractivity contribution in [2.75, 3.05) is 19.7 Å². The summed E-state index contributed by atoms with van der Waals surface area (Å²) in [6, 6.07) is 9.82. The summed E-state index contributed by atoms with van der Waals surface area (Å²) < 4.78 is 5.83. The van der Waals surface area contributed by atoms with Crippen LogP contribution in [0, 0.1) is 0 Å². The topological polar surface area (TPSA) is 24.8 Å². The van der Waals surface area contributed by atoms with Gasteiger partial charge >= 0.3 is 0 Å². The first-order valence-corrected chi connectivity index (χ1v) is 7.32. The predicted molar refractivity (Wildman–Crippen MR) is 88.7 cm³/mol. The van der Waals surface area contributed by atoms with E-state index in [1.807, 2.05) is 53.6 Å². The molecule has 3 nitrogen and oxygen atoms in total. The summed E-state index contributed by atoms with van der Waals surface area (Å²) in [5.41, 5.74) is 2.89. The zero-order valence-electron chi connectivity index (χ0n) is 12.7. The lowest BCUT2D eigenvalue weighted by atomic mass is 9.99. The third-order valence-electron chi connectivity index (χ3n) is 3.31. The number of allylic oxidation sites excluding steroid dienone is 4. The molecule has 2 rings (SSSR count). The molecule has 0 saturated carbocycles. The molecule has 0 N–H and O–H groups in total. The van der Waals surface area contributed by atoms with Crippen LogP contribution in [-0.2, 0) is 0 Å². The molecule has 0 amide bonds. The minimum absolute atomic E-state index is 0.494. The first kappa shape index (κ1) is 15.1. The Morgan fingerprint density at radius 1 is 1.14 bits per heavy atom. The van der Waals surface area contributed by atoms with Crippen molar-refractivity contribution < 1.29 is 4.74 Å². The van der Waals surface area contributed by atoms with E-state index in [0.29, 0.717) is 6.61 Å². The SMILES string of the molecule is C=C1C=CC=C(COc2ccccc2)/C1=N/N(CC)CC. The van der Waals surface area contributed by atoms with Gasteiger partial charge in [0.2, 0.25) is 0 Å². The Hall–Kier alpha value is -2.29. The van der Waals surface area contributed by atoms with Gasteiger partial charge in [0.25, 0.3) is 0 Å². The number of hydrogen-bond acceptors (Lipinski definition) is 3. The van der Waals surface area contributed by atoms with Crippen LogP contribution >= 0.6 is 0 Å². The lowest BCUT2D eigenvalue weighted by Crippen LogP contribution is -2.22. The van der Waals surface area contributed by atoms with Crippen LogP contribution in [0.2, 0.25) is 0 Å². The quantitative estimate of drug-likeness (QED) is 0.741. The molecule has 0 aliphatic heterocycles. The Balaban J connectivity index is 2.13. The fourth-order valence-electron chi connectivity index (χ4n) is 2.07. The van der Waals surface area contributed by atoms with E-state index in [1.54, 1.807) is 0 Å². The Kier molecular flexibility index (Phi) is 5.38. The molecule has 3 heteroatoms. The minimum Gasteiger partial charge on any atom is -0.489 e. The number of nitrogens with zero attached hydrogens (tertiary/aromatic N) is 2. The number of rotatable bonds is 6. The van der Waals surface area contributed by atoms with E-state index in [-0.39, 0.29) is 0 Å². The molecule has 1 aliphatic carbocycles. The van der Waals surface area contributed by atoms with Gasteiger partial charge in [0.15, 0.2) is 0 Å². The van der Waals surface area contributed by atoms with E-state index in [9.17, 15) is 0 Å². The van der Waals surface area contributed by atoms with Crippen molar-refractivity contribution in [1.82, 2.24) is 5.01 Å². The number of hydrogen-bond donors (Lipinski definition) is 0. The lowest BCUT2D eigenvalue weighted by Gasteiger charge is -2.20. The van der Waals surface area contributed by atoms with E-state index >= 15 is 0 Å². The summed E-state index contributed by atoms with van der Waals surface area (Å²) in [6.45, 7) is 10.5. The molecular formula is C18H22N2O. The van der Waals surface area contributed by atoms with Crippen molar-refractivity contribution in [2.24, 2.45) is 5.10 Å². The molecule has 110 valence electrons. The van der Waals surface area contributed by atoms with E-state index in [0.717, 1.165) is 35.7 Å². The smallest absolute Gasteiger partial charge is 0.119 e. The average Bonchev–Trinajstić information content (AvgIpc) is 2.53. The molecular weight excluding hydrogens is 260 g/mol. The van der Waals surface area contributed by atoms with Gasteiger partial charge < -0.3 is 4.74 Å². The summed E-state index contributed by atoms with van der Waals surface area (Å²) in [5.74, 6) is 0.862. The standard InChI is InChI=1S/C18H22N2O/c1-4-20(5-2)19-18-15(3)10-9-11-16(18)14-21-17-12-7-6-8-13-17/h6-13H,3-5,14H2,1-2H3/b19-18+. The second-order valence-electron chi connectivity index (χ2n) is 4.77. The van der Waals surface area contributed by atoms with Crippen molar-refractivity contribution in [2.45, 2.75) is 13.8 Å². The average molecular weight is 282 g/mol. The highest BCUT2D eigenvalue weighted by atomic mass is 16.5. The second-order valence-corrected chi connectivity index (χ2v) is 4.77. The van der Waals surface area contributed by atoms with Gasteiger partial charge in [-0.1, -0.05) is 43.0 Å². The Morgan fingerprint density at radius 2 is 1.86 bits per heavy atom. The maximum Gasteiger partial charge on any atom is 0.119 e. The summed E-state index contributed by atoms with van der Waals surface area (Å²) >= 11 is 0. The zero-order chi connectivity index (χ0) is 15.1. The van der Waals surface area contributed by atoms with Gasteiger partial charge in [-0.3, -0.25) is 5.01 Å². The van der Waals surface area contributed by atoms with Crippen LogP contribution in [0.25, 0.3) is 0 Å². The maximum atomic E-state index is 5.83. The Labute approximate surface area is 126 Å². The van der Waals surface area contributed by atoms with E-state index < -0.39 is 0 Å². The van der Waals surface area contributed by atoms with Crippen LogP contribution in [0.4, 0.5) is 0 Å². The number of ether oxygens (including phenoxy) is 1. The molecule has 1 aliphatic rings. The predicted octanol–water partition coefficient (Wildman–Crippen LogP) is 3.82. The highest BCUT2D eigenvalue weighted by Gasteiger charge is 2.14. The summed E-state index contributed by atoms with van der Waals surface area (Å²) in [7, 11) is 0. The first-order valence-electron chi connectivity index (χ1n) is 7.32. The largest absolute Gasteiger partial charge is 0.489 e. The third kappa shape index (κ3) is 4.09. The van der Waals surface area contributed by atoms with Crippen LogP contribution < -0.4 is 4.74 Å². The van der Waals surface area contributed by atoms with Crippen LogP contribution in [0.3, 0.4) is 0 Å². The summed E-state index contributed by atoms with van der Waals surface area (Å²) in [5, 5.41) is 6.72. The van der Waals surface area contributed by atoms with Crippen LogP contribution in [-0.4, -0.2) is 30.4 Å². The van der Waals surface area contributed by atoms with Crippen molar-refractivity contribution in [3.63, 3.8) is 0 Å². The maximum absolute atomic E-state index is 5.83. The van der Waals surface area contributed by atoms with Crippen molar-refractivity contribution in [3.8, 4) is 5.75 Å². The molecule has 0 saturated heterocycles. The summed E-state index contributed by atoms with van der Waals surface area (Å²) in [6.07, 6.45) is 6.02. The number of hydrazone groups is 1. The van der Waals surface area contributed by atoms with Crippen LogP contribution in [0.1, 0.15) is 13.8 Å². The van der Waals surface area contributed by atoms with Gasteiger partial charge in [-0.25, -0.2) is 0 Å². The Morgan fingerprint density at radius 3 is 2.52 bits per heavy atom. The number of benzene rings is 1. The third-order valence-corrected chi connectivity index (χ3v) is 3.31. The van der Waals surface area contributed by atoms with Gasteiger partial charge in [-0.2, -0.15) is 5.10 Å². The number of para-hydroxylation sites is 1. The molecule has 0 atom stereocenters. The molecule has 0 aromatic heterocycles. The normalized spacial score (nSPS) is 16.0. The molecule has 1 aromatic rings. The van der Waals surface area contributed by atoms with E-state index in [2.05, 4.69) is 20.4 Å². The molecule has 0 unspecified atom stereocenters. The molecule has 21 heavy (non-hydrogen) atoms. The lowest BCUT2D eigenvalue weighted by molar-refractivity contribution is 0.320. The summed E-state index contributed by atoms with van der Waals surface area (Å²) in [4.78, 5) is 0. The van der Waals surface area contributed by atoms with E-state index in [4.69, 9.17) is 9.84 Å². The van der Waals surface area contributed by atoms with Gasteiger partial charge in [-0.05, 0) is 31.6 Å². The fraction of sp³-hybridized carbons (Fsp3) is 0.278. The molecule has 0 bridgehead atoms. The molecule has 0 radical (unpaired) electrons.